The number of nitrogens with two attached hydrogens (primary N) is 1. The van der Waals surface area contributed by atoms with Crippen LogP contribution >= 0.6 is 0 Å². The molecule has 0 heterocycles. The average Bonchev–Trinajstić information content (AvgIpc) is 2.33. The molecule has 1 fully saturated rings. The number of carbonyl (C=O) groups is 1. The fourth-order valence-corrected chi connectivity index (χ4v) is 2.93. The molecule has 18 heavy (non-hydrogen) atoms. The molecule has 1 amide bonds. The van der Waals surface area contributed by atoms with Gasteiger partial charge in [0, 0.05) is 25.6 Å². The fourth-order valence-electron chi connectivity index (χ4n) is 2.93. The predicted molar refractivity (Wildman–Crippen MR) is 76.3 cm³/mol. The Balaban J connectivity index is 2.30. The molecule has 0 aromatic heterocycles. The van der Waals surface area contributed by atoms with Crippen LogP contribution in [0.4, 0.5) is 0 Å². The summed E-state index contributed by atoms with van der Waals surface area (Å²) in [6.07, 6.45) is 6.52. The van der Waals surface area contributed by atoms with E-state index in [1.165, 1.54) is 19.3 Å². The van der Waals surface area contributed by atoms with Gasteiger partial charge < -0.3 is 10.6 Å². The normalized spacial score (nSPS) is 24.3. The van der Waals surface area contributed by atoms with Crippen LogP contribution in [0.2, 0.25) is 0 Å². The van der Waals surface area contributed by atoms with Crippen LogP contribution in [0.3, 0.4) is 0 Å². The van der Waals surface area contributed by atoms with Crippen LogP contribution in [0.1, 0.15) is 59.3 Å². The van der Waals surface area contributed by atoms with Crippen molar-refractivity contribution in [3.63, 3.8) is 0 Å². The summed E-state index contributed by atoms with van der Waals surface area (Å²) in [6.45, 7) is 8.11. The van der Waals surface area contributed by atoms with Gasteiger partial charge in [0.05, 0.1) is 0 Å². The number of rotatable bonds is 6. The molecular weight excluding hydrogens is 224 g/mol. The third kappa shape index (κ3) is 5.38. The standard InChI is InChI=1S/C15H30N2O/c1-4-17(11-12(2)3)15(18)9-8-13-6-5-7-14(16)10-13/h12-14H,4-11,16H2,1-3H3. The van der Waals surface area contributed by atoms with Crippen LogP contribution in [-0.4, -0.2) is 29.9 Å². The minimum absolute atomic E-state index is 0.324. The van der Waals surface area contributed by atoms with Gasteiger partial charge in [-0.15, -0.1) is 0 Å². The lowest BCUT2D eigenvalue weighted by atomic mass is 9.83. The lowest BCUT2D eigenvalue weighted by molar-refractivity contribution is -0.131. The summed E-state index contributed by atoms with van der Waals surface area (Å²) in [4.78, 5) is 14.1. The molecule has 1 aliphatic rings. The molecule has 3 nitrogen and oxygen atoms in total. The largest absolute Gasteiger partial charge is 0.343 e. The number of nitrogens with zero attached hydrogens (tertiary/aromatic N) is 1. The molecule has 2 unspecified atom stereocenters. The molecule has 0 bridgehead atoms. The Kier molecular flexibility index (Phi) is 6.69. The quantitative estimate of drug-likeness (QED) is 0.792. The van der Waals surface area contributed by atoms with Crippen LogP contribution in [0.5, 0.6) is 0 Å². The summed E-state index contributed by atoms with van der Waals surface area (Å²) in [5.74, 6) is 1.55. The zero-order valence-electron chi connectivity index (χ0n) is 12.3. The number of hydrogen-bond acceptors (Lipinski definition) is 2. The first-order valence-corrected chi connectivity index (χ1v) is 7.56. The van der Waals surface area contributed by atoms with Crippen molar-refractivity contribution >= 4 is 5.91 Å². The Morgan fingerprint density at radius 3 is 2.67 bits per heavy atom. The maximum atomic E-state index is 12.1. The summed E-state index contributed by atoms with van der Waals surface area (Å²) in [6, 6.07) is 0.372. The molecule has 0 aliphatic heterocycles. The van der Waals surface area contributed by atoms with E-state index in [1.54, 1.807) is 0 Å². The minimum atomic E-state index is 0.324. The Bertz CT molecular complexity index is 253. The van der Waals surface area contributed by atoms with Crippen molar-refractivity contribution in [1.82, 2.24) is 4.90 Å². The zero-order valence-corrected chi connectivity index (χ0v) is 12.3. The predicted octanol–water partition coefficient (Wildman–Crippen LogP) is 2.79. The Labute approximate surface area is 112 Å². The molecule has 0 radical (unpaired) electrons. The lowest BCUT2D eigenvalue weighted by Crippen LogP contribution is -2.34. The smallest absolute Gasteiger partial charge is 0.222 e. The van der Waals surface area contributed by atoms with E-state index in [0.717, 1.165) is 25.9 Å². The van der Waals surface area contributed by atoms with Crippen molar-refractivity contribution < 1.29 is 4.79 Å². The van der Waals surface area contributed by atoms with Crippen LogP contribution < -0.4 is 5.73 Å². The van der Waals surface area contributed by atoms with Gasteiger partial charge in [-0.3, -0.25) is 4.79 Å². The second kappa shape index (κ2) is 7.78. The first-order chi connectivity index (χ1) is 8.52. The third-order valence-corrected chi connectivity index (χ3v) is 3.91. The van der Waals surface area contributed by atoms with Gasteiger partial charge in [0.15, 0.2) is 0 Å². The van der Waals surface area contributed by atoms with E-state index < -0.39 is 0 Å². The maximum Gasteiger partial charge on any atom is 0.222 e. The lowest BCUT2D eigenvalue weighted by Gasteiger charge is -2.28. The summed E-state index contributed by atoms with van der Waals surface area (Å²) >= 11 is 0. The monoisotopic (exact) mass is 254 g/mol. The summed E-state index contributed by atoms with van der Waals surface area (Å²) < 4.78 is 0. The molecule has 0 aromatic rings. The molecule has 2 atom stereocenters. The molecule has 0 aromatic carbocycles. The molecule has 0 spiro atoms. The van der Waals surface area contributed by atoms with Gasteiger partial charge >= 0.3 is 0 Å². The molecule has 1 rings (SSSR count). The van der Waals surface area contributed by atoms with Crippen molar-refractivity contribution in [2.45, 2.75) is 65.3 Å². The average molecular weight is 254 g/mol. The summed E-state index contributed by atoms with van der Waals surface area (Å²) in [7, 11) is 0. The topological polar surface area (TPSA) is 46.3 Å². The SMILES string of the molecule is CCN(CC(C)C)C(=O)CCC1CCCC(N)C1. The van der Waals surface area contributed by atoms with Gasteiger partial charge in [-0.25, -0.2) is 0 Å². The molecule has 3 heteroatoms. The van der Waals surface area contributed by atoms with E-state index in [4.69, 9.17) is 5.73 Å². The van der Waals surface area contributed by atoms with Crippen molar-refractivity contribution in [2.24, 2.45) is 17.6 Å². The van der Waals surface area contributed by atoms with E-state index in [2.05, 4.69) is 20.8 Å². The van der Waals surface area contributed by atoms with E-state index in [1.807, 2.05) is 4.90 Å². The number of carbonyl (C=O) groups excluding carboxylic acids is 1. The number of amides is 1. The Morgan fingerprint density at radius 1 is 1.39 bits per heavy atom. The Hall–Kier alpha value is -0.570. The van der Waals surface area contributed by atoms with E-state index in [-0.39, 0.29) is 0 Å². The molecule has 0 saturated heterocycles. The zero-order chi connectivity index (χ0) is 13.5. The number of hydrogen-bond donors (Lipinski definition) is 1. The summed E-state index contributed by atoms with van der Waals surface area (Å²) in [5, 5.41) is 0. The minimum Gasteiger partial charge on any atom is -0.343 e. The van der Waals surface area contributed by atoms with Gasteiger partial charge in [0.2, 0.25) is 5.91 Å². The maximum absolute atomic E-state index is 12.1. The fraction of sp³-hybridized carbons (Fsp3) is 0.933. The van der Waals surface area contributed by atoms with Crippen LogP contribution in [0.25, 0.3) is 0 Å². The van der Waals surface area contributed by atoms with Crippen molar-refractivity contribution in [2.75, 3.05) is 13.1 Å². The van der Waals surface area contributed by atoms with E-state index >= 15 is 0 Å². The van der Waals surface area contributed by atoms with Crippen molar-refractivity contribution in [1.29, 1.82) is 0 Å². The van der Waals surface area contributed by atoms with Gasteiger partial charge in [-0.1, -0.05) is 26.7 Å². The molecule has 106 valence electrons. The van der Waals surface area contributed by atoms with Gasteiger partial charge in [-0.05, 0) is 38.0 Å². The van der Waals surface area contributed by atoms with Crippen molar-refractivity contribution in [3.8, 4) is 0 Å². The van der Waals surface area contributed by atoms with Crippen LogP contribution in [0.15, 0.2) is 0 Å². The second-order valence-corrected chi connectivity index (χ2v) is 6.16. The third-order valence-electron chi connectivity index (χ3n) is 3.91. The highest BCUT2D eigenvalue weighted by molar-refractivity contribution is 5.76. The van der Waals surface area contributed by atoms with E-state index in [9.17, 15) is 4.79 Å². The van der Waals surface area contributed by atoms with Crippen LogP contribution in [-0.2, 0) is 4.79 Å². The highest BCUT2D eigenvalue weighted by Gasteiger charge is 2.21. The molecule has 2 N–H and O–H groups in total. The van der Waals surface area contributed by atoms with E-state index in [0.29, 0.717) is 30.2 Å². The van der Waals surface area contributed by atoms with Gasteiger partial charge in [0.25, 0.3) is 0 Å². The first kappa shape index (κ1) is 15.5. The first-order valence-electron chi connectivity index (χ1n) is 7.56. The Morgan fingerprint density at radius 2 is 2.11 bits per heavy atom. The van der Waals surface area contributed by atoms with Crippen molar-refractivity contribution in [3.05, 3.63) is 0 Å². The summed E-state index contributed by atoms with van der Waals surface area (Å²) in [5.41, 5.74) is 5.99. The second-order valence-electron chi connectivity index (χ2n) is 6.16. The highest BCUT2D eigenvalue weighted by atomic mass is 16.2. The molecule has 1 aliphatic carbocycles. The molecular formula is C15H30N2O. The highest BCUT2D eigenvalue weighted by Crippen LogP contribution is 2.27. The van der Waals surface area contributed by atoms with Gasteiger partial charge in [0.1, 0.15) is 0 Å². The van der Waals surface area contributed by atoms with Gasteiger partial charge in [-0.2, -0.15) is 0 Å². The molecule has 1 saturated carbocycles. The van der Waals surface area contributed by atoms with Crippen LogP contribution in [0, 0.1) is 11.8 Å².